The summed E-state index contributed by atoms with van der Waals surface area (Å²) in [5.74, 6) is -2.08. The average molecular weight is 618 g/mol. The number of benzene rings is 1. The predicted molar refractivity (Wildman–Crippen MR) is 145 cm³/mol. The van der Waals surface area contributed by atoms with Crippen LogP contribution in [0.5, 0.6) is 5.75 Å². The minimum absolute atomic E-state index is 0. The van der Waals surface area contributed by atoms with Crippen LogP contribution < -0.4 is 4.74 Å². The lowest BCUT2D eigenvalue weighted by Gasteiger charge is -2.58. The summed E-state index contributed by atoms with van der Waals surface area (Å²) >= 11 is 0. The second-order valence-corrected chi connectivity index (χ2v) is 10.6. The van der Waals surface area contributed by atoms with Gasteiger partial charge in [-0.15, -0.1) is 0 Å². The molecule has 1 fully saturated rings. The van der Waals surface area contributed by atoms with E-state index in [1.54, 1.807) is 12.1 Å². The van der Waals surface area contributed by atoms with Crippen molar-refractivity contribution >= 4 is 24.2 Å². The van der Waals surface area contributed by atoms with Crippen LogP contribution in [-0.2, 0) is 40.7 Å². The van der Waals surface area contributed by atoms with E-state index in [0.29, 0.717) is 24.3 Å². The molecule has 1 aliphatic carbocycles. The number of carboxylic acids is 1. The molecule has 1 saturated heterocycles. The van der Waals surface area contributed by atoms with Gasteiger partial charge in [-0.05, 0) is 52.4 Å². The number of likely N-dealkylation sites (tertiary alicyclic amines) is 1. The molecule has 3 aliphatic rings. The number of carboxylic acid groups (broad SMARTS) is 1. The maximum Gasteiger partial charge on any atom is 0.446 e. The molecule has 4 rings (SSSR count). The number of aliphatic hydroxyl groups excluding tert-OH is 1. The van der Waals surface area contributed by atoms with Gasteiger partial charge >= 0.3 is 24.1 Å². The predicted octanol–water partition coefficient (Wildman–Crippen LogP) is 2.95. The first-order chi connectivity index (χ1) is 19.5. The molecular formula is C29H38F3NO10. The Labute approximate surface area is 247 Å². The normalized spacial score (nSPS) is 26.4. The Kier molecular flexibility index (Phi) is 11.2. The molecule has 14 heteroatoms. The molecule has 0 saturated carbocycles. The zero-order valence-corrected chi connectivity index (χ0v) is 23.6. The summed E-state index contributed by atoms with van der Waals surface area (Å²) in [5, 5.41) is 30.9. The number of esters is 2. The second kappa shape index (κ2) is 13.4. The number of carbonyl (C=O) groups excluding carboxylic acids is 3. The Morgan fingerprint density at radius 1 is 1.26 bits per heavy atom. The van der Waals surface area contributed by atoms with Crippen LogP contribution in [0.4, 0.5) is 13.2 Å². The summed E-state index contributed by atoms with van der Waals surface area (Å²) < 4.78 is 48.4. The van der Waals surface area contributed by atoms with Gasteiger partial charge in [-0.1, -0.05) is 19.6 Å². The van der Waals surface area contributed by atoms with Crippen LogP contribution in [0.25, 0.3) is 0 Å². The number of piperidine rings is 1. The van der Waals surface area contributed by atoms with Gasteiger partial charge in [0.1, 0.15) is 11.5 Å². The maximum absolute atomic E-state index is 12.9. The Morgan fingerprint density at radius 3 is 2.44 bits per heavy atom. The number of aliphatic carboxylic acids is 1. The Balaban J connectivity index is 0.000000837. The number of nitrogens with zero attached hydrogens (tertiary/aromatic N) is 1. The van der Waals surface area contributed by atoms with Gasteiger partial charge in [0.15, 0.2) is 12.2 Å². The third kappa shape index (κ3) is 6.86. The summed E-state index contributed by atoms with van der Waals surface area (Å²) in [6.07, 6.45) is -6.17. The molecule has 0 radical (unpaired) electrons. The molecule has 2 heterocycles. The van der Waals surface area contributed by atoms with E-state index in [1.165, 1.54) is 6.92 Å². The van der Waals surface area contributed by atoms with Crippen molar-refractivity contribution in [2.75, 3.05) is 13.6 Å². The highest BCUT2D eigenvalue weighted by Gasteiger charge is 2.69. The van der Waals surface area contributed by atoms with Crippen LogP contribution in [0.1, 0.15) is 63.6 Å². The number of ether oxygens (including phenoxy) is 3. The average Bonchev–Trinajstić information content (AvgIpc) is 3.29. The minimum Gasteiger partial charge on any atom is -0.481 e. The molecule has 0 bridgehead atoms. The molecule has 5 atom stereocenters. The number of alkyl halides is 3. The van der Waals surface area contributed by atoms with Crippen molar-refractivity contribution in [3.05, 3.63) is 40.7 Å². The topological polar surface area (TPSA) is 160 Å². The third-order valence-electron chi connectivity index (χ3n) is 8.14. The first kappa shape index (κ1) is 35.7. The minimum atomic E-state index is -4.64. The van der Waals surface area contributed by atoms with Crippen LogP contribution in [-0.4, -0.2) is 88.0 Å². The zero-order valence-electron chi connectivity index (χ0n) is 23.6. The van der Waals surface area contributed by atoms with Gasteiger partial charge in [0.2, 0.25) is 6.29 Å². The van der Waals surface area contributed by atoms with Crippen molar-refractivity contribution in [1.29, 1.82) is 0 Å². The van der Waals surface area contributed by atoms with Crippen LogP contribution in [0.3, 0.4) is 0 Å². The first-order valence-electron chi connectivity index (χ1n) is 13.2. The molecule has 240 valence electrons. The number of fused-ring (bicyclic) bond motifs is 1. The van der Waals surface area contributed by atoms with Crippen molar-refractivity contribution in [3.63, 3.8) is 0 Å². The van der Waals surface area contributed by atoms with E-state index >= 15 is 0 Å². The quantitative estimate of drug-likeness (QED) is 0.305. The molecule has 0 amide bonds. The van der Waals surface area contributed by atoms with E-state index in [-0.39, 0.29) is 38.7 Å². The SMILES string of the molecule is C.Cc1ccc(CO)c2c1[C@]13CCN(C)[C@H](C)[C@]1(O)CC=C(OC(=O)[C@H](C)OC(=O)CCC(=O)O)[C@@H]3O2.O=CC(F)(F)F. The van der Waals surface area contributed by atoms with Gasteiger partial charge in [-0.3, -0.25) is 14.4 Å². The molecule has 0 unspecified atom stereocenters. The van der Waals surface area contributed by atoms with E-state index in [1.807, 2.05) is 27.0 Å². The fourth-order valence-corrected chi connectivity index (χ4v) is 5.91. The van der Waals surface area contributed by atoms with Crippen molar-refractivity contribution < 1.29 is 61.9 Å². The summed E-state index contributed by atoms with van der Waals surface area (Å²) in [6.45, 7) is 5.68. The number of hydrogen-bond acceptors (Lipinski definition) is 10. The number of aldehydes is 1. The van der Waals surface area contributed by atoms with E-state index in [0.717, 1.165) is 11.1 Å². The van der Waals surface area contributed by atoms with Gasteiger partial charge < -0.3 is 34.4 Å². The molecule has 2 aliphatic heterocycles. The van der Waals surface area contributed by atoms with Crippen LogP contribution in [0.15, 0.2) is 24.0 Å². The number of carbonyl (C=O) groups is 4. The van der Waals surface area contributed by atoms with Gasteiger partial charge in [0.25, 0.3) is 0 Å². The van der Waals surface area contributed by atoms with E-state index in [4.69, 9.17) is 24.1 Å². The molecule has 11 nitrogen and oxygen atoms in total. The molecular weight excluding hydrogens is 579 g/mol. The lowest BCUT2D eigenvalue weighted by molar-refractivity contribution is -0.172. The third-order valence-corrected chi connectivity index (χ3v) is 8.14. The first-order valence-corrected chi connectivity index (χ1v) is 13.2. The van der Waals surface area contributed by atoms with Gasteiger partial charge in [0, 0.05) is 23.6 Å². The Bertz CT molecular complexity index is 1270. The largest absolute Gasteiger partial charge is 0.481 e. The molecule has 3 N–H and O–H groups in total. The highest BCUT2D eigenvalue weighted by atomic mass is 19.4. The fraction of sp³-hybridized carbons (Fsp3) is 0.586. The van der Waals surface area contributed by atoms with Crippen LogP contribution in [0.2, 0.25) is 0 Å². The highest BCUT2D eigenvalue weighted by molar-refractivity contribution is 5.81. The highest BCUT2D eigenvalue weighted by Crippen LogP contribution is 2.61. The number of halogens is 3. The molecule has 1 aromatic carbocycles. The summed E-state index contributed by atoms with van der Waals surface area (Å²) in [5.41, 5.74) is 0.152. The fourth-order valence-electron chi connectivity index (χ4n) is 5.91. The number of aryl methyl sites for hydroxylation is 1. The maximum atomic E-state index is 12.9. The van der Waals surface area contributed by atoms with E-state index in [2.05, 4.69) is 4.90 Å². The van der Waals surface area contributed by atoms with Crippen LogP contribution in [0, 0.1) is 6.92 Å². The molecule has 1 aromatic rings. The monoisotopic (exact) mass is 617 g/mol. The van der Waals surface area contributed by atoms with Gasteiger partial charge in [0.05, 0.1) is 30.5 Å². The summed E-state index contributed by atoms with van der Waals surface area (Å²) in [7, 11) is 1.96. The van der Waals surface area contributed by atoms with Crippen molar-refractivity contribution in [3.8, 4) is 5.75 Å². The van der Waals surface area contributed by atoms with Gasteiger partial charge in [-0.25, -0.2) is 4.79 Å². The lowest BCUT2D eigenvalue weighted by atomic mass is 9.54. The van der Waals surface area contributed by atoms with Crippen molar-refractivity contribution in [2.24, 2.45) is 0 Å². The Hall–Kier alpha value is -3.49. The van der Waals surface area contributed by atoms with Gasteiger partial charge in [-0.2, -0.15) is 13.2 Å². The number of hydrogen-bond donors (Lipinski definition) is 3. The van der Waals surface area contributed by atoms with Crippen molar-refractivity contribution in [1.82, 2.24) is 4.90 Å². The zero-order chi connectivity index (χ0) is 31.6. The second-order valence-electron chi connectivity index (χ2n) is 10.6. The molecule has 1 spiro atoms. The number of rotatable bonds is 7. The standard InChI is InChI=1S/C26H33NO9.C2HF3O.CH4/c1-14-5-6-17(13-28)22-21(14)25-11-12-27(4)16(3)26(25,33)10-9-18(23(25)36-22)35-24(32)15(2)34-20(31)8-7-19(29)30;3-2(4,5)1-6;/h5-6,9,15-16,23,28,33H,7-8,10-13H2,1-4H3,(H,29,30);1H;1H4/t15-,16+,23-,25-,26+;;/m0../s1. The molecule has 0 aromatic heterocycles. The van der Waals surface area contributed by atoms with Crippen LogP contribution >= 0.6 is 0 Å². The summed E-state index contributed by atoms with van der Waals surface area (Å²) in [6, 6.07) is 3.45. The number of likely N-dealkylation sites (N-methyl/N-ethyl adjacent to an activating group) is 1. The molecule has 43 heavy (non-hydrogen) atoms. The number of aliphatic hydroxyl groups is 2. The summed E-state index contributed by atoms with van der Waals surface area (Å²) in [4.78, 5) is 46.2. The smallest absolute Gasteiger partial charge is 0.446 e. The van der Waals surface area contributed by atoms with Crippen molar-refractivity contribution in [2.45, 2.75) is 95.9 Å². The van der Waals surface area contributed by atoms with E-state index < -0.39 is 60.0 Å². The Morgan fingerprint density at radius 2 is 1.88 bits per heavy atom. The lowest BCUT2D eigenvalue weighted by Crippen LogP contribution is -2.71. The van der Waals surface area contributed by atoms with E-state index in [9.17, 15) is 37.8 Å².